The first-order valence-electron chi connectivity index (χ1n) is 10.5. The van der Waals surface area contributed by atoms with Crippen molar-refractivity contribution in [3.63, 3.8) is 0 Å². The van der Waals surface area contributed by atoms with Crippen molar-refractivity contribution < 1.29 is 24.4 Å². The first-order valence-corrected chi connectivity index (χ1v) is 11.3. The van der Waals surface area contributed by atoms with Gasteiger partial charge >= 0.3 is 0 Å². The summed E-state index contributed by atoms with van der Waals surface area (Å²) in [6, 6.07) is 20.0. The minimum absolute atomic E-state index is 0.0794. The molecule has 33 heavy (non-hydrogen) atoms. The van der Waals surface area contributed by atoms with Gasteiger partial charge in [-0.15, -0.1) is 0 Å². The predicted octanol–water partition coefficient (Wildman–Crippen LogP) is 4.82. The summed E-state index contributed by atoms with van der Waals surface area (Å²) in [5.41, 5.74) is 1.91. The molecule has 0 spiro atoms. The topological polar surface area (TPSA) is 80.2 Å². The van der Waals surface area contributed by atoms with Crippen molar-refractivity contribution in [1.29, 1.82) is 0 Å². The zero-order valence-electron chi connectivity index (χ0n) is 18.2. The smallest absolute Gasteiger partial charge is 0.176 e. The van der Waals surface area contributed by atoms with Gasteiger partial charge in [0.15, 0.2) is 17.7 Å². The number of hydrogen-bond acceptors (Lipinski definition) is 6. The van der Waals surface area contributed by atoms with Crippen LogP contribution in [0, 0.1) is 0 Å². The summed E-state index contributed by atoms with van der Waals surface area (Å²) in [5.74, 6) is 1.48. The van der Waals surface area contributed by atoms with Crippen LogP contribution < -0.4 is 19.5 Å². The number of nitrogens with one attached hydrogen (secondary N) is 1. The van der Waals surface area contributed by atoms with Gasteiger partial charge in [-0.05, 0) is 54.4 Å². The minimum atomic E-state index is -0.818. The third-order valence-electron chi connectivity index (χ3n) is 4.69. The normalized spacial score (nSPS) is 12.8. The molecule has 0 amide bonds. The second-order valence-electron chi connectivity index (χ2n) is 7.40. The van der Waals surface area contributed by atoms with Gasteiger partial charge in [-0.25, -0.2) is 0 Å². The SMILES string of the molecule is CC(O)C(NCCO)Oc1ccc(OCc2ccc(Cl)cc2)cc1OCc1ccc(Cl)cc1. The third-order valence-corrected chi connectivity index (χ3v) is 5.19. The third kappa shape index (κ3) is 8.11. The molecule has 3 aromatic rings. The van der Waals surface area contributed by atoms with Crippen molar-refractivity contribution in [2.24, 2.45) is 0 Å². The average molecular weight is 492 g/mol. The Hall–Kier alpha value is -2.48. The fourth-order valence-corrected chi connectivity index (χ4v) is 3.18. The molecule has 2 atom stereocenters. The van der Waals surface area contributed by atoms with Crippen LogP contribution in [0.4, 0.5) is 0 Å². The van der Waals surface area contributed by atoms with Crippen molar-refractivity contribution in [3.8, 4) is 17.2 Å². The van der Waals surface area contributed by atoms with Crippen molar-refractivity contribution in [3.05, 3.63) is 87.9 Å². The number of rotatable bonds is 12. The Morgan fingerprint density at radius 2 is 1.39 bits per heavy atom. The number of aliphatic hydroxyl groups is 2. The van der Waals surface area contributed by atoms with Crippen molar-refractivity contribution in [1.82, 2.24) is 5.32 Å². The zero-order chi connectivity index (χ0) is 23.6. The molecule has 0 aliphatic rings. The van der Waals surface area contributed by atoms with Crippen LogP contribution in [0.3, 0.4) is 0 Å². The zero-order valence-corrected chi connectivity index (χ0v) is 19.7. The van der Waals surface area contributed by atoms with Crippen LogP contribution in [0.15, 0.2) is 66.7 Å². The summed E-state index contributed by atoms with van der Waals surface area (Å²) in [6.45, 7) is 2.45. The van der Waals surface area contributed by atoms with Crippen molar-refractivity contribution in [2.45, 2.75) is 32.5 Å². The molecule has 0 aliphatic heterocycles. The Bertz CT molecular complexity index is 997. The van der Waals surface area contributed by atoms with Gasteiger partial charge in [0.2, 0.25) is 0 Å². The quantitative estimate of drug-likeness (QED) is 0.315. The molecule has 0 radical (unpaired) electrons. The van der Waals surface area contributed by atoms with Gasteiger partial charge in [-0.3, -0.25) is 5.32 Å². The highest BCUT2D eigenvalue weighted by atomic mass is 35.5. The van der Waals surface area contributed by atoms with Crippen LogP contribution >= 0.6 is 23.2 Å². The predicted molar refractivity (Wildman–Crippen MR) is 129 cm³/mol. The molecular weight excluding hydrogens is 465 g/mol. The van der Waals surface area contributed by atoms with Crippen LogP contribution in [-0.4, -0.2) is 35.7 Å². The van der Waals surface area contributed by atoms with Gasteiger partial charge in [-0.2, -0.15) is 0 Å². The van der Waals surface area contributed by atoms with Gasteiger partial charge in [0.1, 0.15) is 25.1 Å². The Balaban J connectivity index is 1.77. The number of benzene rings is 3. The van der Waals surface area contributed by atoms with E-state index in [0.717, 1.165) is 11.1 Å². The maximum absolute atomic E-state index is 10.1. The molecule has 3 rings (SSSR count). The number of ether oxygens (including phenoxy) is 3. The highest BCUT2D eigenvalue weighted by Crippen LogP contribution is 2.33. The Kier molecular flexibility index (Phi) is 9.66. The van der Waals surface area contributed by atoms with Crippen LogP contribution in [0.1, 0.15) is 18.1 Å². The summed E-state index contributed by atoms with van der Waals surface area (Å²) < 4.78 is 17.9. The van der Waals surface area contributed by atoms with Gasteiger partial charge in [0, 0.05) is 22.7 Å². The molecule has 0 bridgehead atoms. The molecule has 0 fully saturated rings. The molecule has 0 aliphatic carbocycles. The Morgan fingerprint density at radius 3 is 1.94 bits per heavy atom. The van der Waals surface area contributed by atoms with E-state index in [-0.39, 0.29) is 19.8 Å². The molecule has 0 saturated heterocycles. The van der Waals surface area contributed by atoms with Crippen LogP contribution in [-0.2, 0) is 13.2 Å². The van der Waals surface area contributed by atoms with Gasteiger partial charge in [0.25, 0.3) is 0 Å². The molecule has 176 valence electrons. The standard InChI is InChI=1S/C25H27Cl2NO5/c1-17(30)25(28-12-13-29)33-23-11-10-22(31-15-18-2-6-20(26)7-3-18)14-24(23)32-16-19-4-8-21(27)9-5-19/h2-11,14,17,25,28-30H,12-13,15-16H2,1H3. The lowest BCUT2D eigenvalue weighted by molar-refractivity contribution is 0.0224. The summed E-state index contributed by atoms with van der Waals surface area (Å²) >= 11 is 11.9. The molecule has 3 N–H and O–H groups in total. The van der Waals surface area contributed by atoms with Gasteiger partial charge in [-0.1, -0.05) is 47.5 Å². The summed E-state index contributed by atoms with van der Waals surface area (Å²) in [7, 11) is 0. The molecular formula is C25H27Cl2NO5. The molecule has 2 unspecified atom stereocenters. The maximum atomic E-state index is 10.1. The molecule has 0 heterocycles. The first-order chi connectivity index (χ1) is 15.9. The minimum Gasteiger partial charge on any atom is -0.489 e. The van der Waals surface area contributed by atoms with Gasteiger partial charge in [0.05, 0.1) is 6.61 Å². The highest BCUT2D eigenvalue weighted by molar-refractivity contribution is 6.30. The molecule has 8 heteroatoms. The summed E-state index contributed by atoms with van der Waals surface area (Å²) in [5, 5.41) is 23.4. The molecule has 0 saturated carbocycles. The maximum Gasteiger partial charge on any atom is 0.176 e. The highest BCUT2D eigenvalue weighted by Gasteiger charge is 2.19. The average Bonchev–Trinajstić information content (AvgIpc) is 2.81. The van der Waals surface area contributed by atoms with E-state index in [9.17, 15) is 5.11 Å². The Labute approximate surface area is 203 Å². The van der Waals surface area contributed by atoms with E-state index in [1.54, 1.807) is 37.3 Å². The molecule has 6 nitrogen and oxygen atoms in total. The van der Waals surface area contributed by atoms with E-state index < -0.39 is 12.3 Å². The second kappa shape index (κ2) is 12.7. The summed E-state index contributed by atoms with van der Waals surface area (Å²) in [4.78, 5) is 0. The fraction of sp³-hybridized carbons (Fsp3) is 0.280. The monoisotopic (exact) mass is 491 g/mol. The van der Waals surface area contributed by atoms with Gasteiger partial charge < -0.3 is 24.4 Å². The van der Waals surface area contributed by atoms with E-state index in [1.165, 1.54) is 0 Å². The lowest BCUT2D eigenvalue weighted by Crippen LogP contribution is -2.44. The van der Waals surface area contributed by atoms with Crippen molar-refractivity contribution in [2.75, 3.05) is 13.2 Å². The van der Waals surface area contributed by atoms with Crippen molar-refractivity contribution >= 4 is 23.2 Å². The van der Waals surface area contributed by atoms with Crippen LogP contribution in [0.25, 0.3) is 0 Å². The van der Waals surface area contributed by atoms with E-state index in [4.69, 9.17) is 42.5 Å². The van der Waals surface area contributed by atoms with E-state index in [2.05, 4.69) is 5.32 Å². The Morgan fingerprint density at radius 1 is 0.818 bits per heavy atom. The van der Waals surface area contributed by atoms with E-state index in [0.29, 0.717) is 33.9 Å². The fourth-order valence-electron chi connectivity index (χ4n) is 2.93. The molecule has 3 aromatic carbocycles. The summed E-state index contributed by atoms with van der Waals surface area (Å²) in [6.07, 6.45) is -1.54. The lowest BCUT2D eigenvalue weighted by atomic mass is 10.2. The van der Waals surface area contributed by atoms with Crippen LogP contribution in [0.5, 0.6) is 17.2 Å². The second-order valence-corrected chi connectivity index (χ2v) is 8.27. The molecule has 0 aromatic heterocycles. The largest absolute Gasteiger partial charge is 0.489 e. The van der Waals surface area contributed by atoms with Crippen LogP contribution in [0.2, 0.25) is 10.0 Å². The van der Waals surface area contributed by atoms with E-state index in [1.807, 2.05) is 36.4 Å². The number of hydrogen-bond donors (Lipinski definition) is 3. The van der Waals surface area contributed by atoms with E-state index >= 15 is 0 Å². The number of aliphatic hydroxyl groups excluding tert-OH is 2. The first kappa shape index (κ1) is 25.1. The lowest BCUT2D eigenvalue weighted by Gasteiger charge is -2.24. The number of halogens is 2.